The van der Waals surface area contributed by atoms with E-state index in [2.05, 4.69) is 34.5 Å². The number of anilines is 1. The third-order valence-corrected chi connectivity index (χ3v) is 8.33. The summed E-state index contributed by atoms with van der Waals surface area (Å²) in [6, 6.07) is 28.8. The van der Waals surface area contributed by atoms with E-state index in [1.807, 2.05) is 42.5 Å². The molecule has 0 bridgehead atoms. The molecule has 1 N–H and O–H groups in total. The second kappa shape index (κ2) is 12.7. The molecule has 4 aromatic carbocycles. The van der Waals surface area contributed by atoms with Gasteiger partial charge in [0.2, 0.25) is 12.7 Å². The van der Waals surface area contributed by atoms with Crippen LogP contribution in [0, 0.1) is 11.3 Å². The number of para-hydroxylation sites is 1. The van der Waals surface area contributed by atoms with E-state index in [1.54, 1.807) is 24.3 Å². The van der Waals surface area contributed by atoms with Crippen LogP contribution in [0.25, 0.3) is 11.1 Å². The molecule has 7 nitrogen and oxygen atoms in total. The van der Waals surface area contributed by atoms with Crippen LogP contribution < -0.4 is 14.8 Å². The van der Waals surface area contributed by atoms with E-state index in [0.717, 1.165) is 53.4 Å². The van der Waals surface area contributed by atoms with Crippen LogP contribution in [0.1, 0.15) is 29.5 Å². The molecular weight excluding hydrogens is 585 g/mol. The Bertz CT molecular complexity index is 1660. The highest BCUT2D eigenvalue weighted by Gasteiger charge is 2.38. The number of rotatable bonds is 8. The number of nitrogens with one attached hydrogen (secondary N) is 1. The summed E-state index contributed by atoms with van der Waals surface area (Å²) in [4.78, 5) is 15.3. The number of piperidine rings is 1. The molecule has 9 heteroatoms. The van der Waals surface area contributed by atoms with Gasteiger partial charge >= 0.3 is 0 Å². The van der Waals surface area contributed by atoms with E-state index in [4.69, 9.17) is 37.4 Å². The molecule has 0 radical (unpaired) electrons. The quantitative estimate of drug-likeness (QED) is 0.223. The average Bonchev–Trinajstić information content (AvgIpc) is 3.51. The Morgan fingerprint density at radius 3 is 2.42 bits per heavy atom. The molecule has 2 heterocycles. The number of carbonyl (C=O) groups is 1. The van der Waals surface area contributed by atoms with Gasteiger partial charge < -0.3 is 19.5 Å². The maximum absolute atomic E-state index is 13.0. The van der Waals surface area contributed by atoms with Crippen molar-refractivity contribution < 1.29 is 19.0 Å². The van der Waals surface area contributed by atoms with Gasteiger partial charge in [-0.05, 0) is 65.9 Å². The summed E-state index contributed by atoms with van der Waals surface area (Å²) in [6.45, 7) is 2.37. The number of hydrogen-bond donors (Lipinski definition) is 1. The Labute approximate surface area is 260 Å². The van der Waals surface area contributed by atoms with Gasteiger partial charge in [-0.15, -0.1) is 0 Å². The van der Waals surface area contributed by atoms with Crippen LogP contribution in [0.3, 0.4) is 0 Å². The number of nitriles is 1. The van der Waals surface area contributed by atoms with Crippen LogP contribution in [-0.4, -0.2) is 37.3 Å². The molecule has 0 saturated carbocycles. The first-order chi connectivity index (χ1) is 20.9. The van der Waals surface area contributed by atoms with Crippen LogP contribution in [0.4, 0.5) is 5.69 Å². The average molecular weight is 615 g/mol. The van der Waals surface area contributed by atoms with Crippen LogP contribution in [0.5, 0.6) is 11.5 Å². The van der Waals surface area contributed by atoms with Crippen LogP contribution in [-0.2, 0) is 21.7 Å². The minimum atomic E-state index is -0.662. The summed E-state index contributed by atoms with van der Waals surface area (Å²) in [5.41, 5.74) is 4.53. The number of nitrogens with zero attached hydrogens (tertiary/aromatic N) is 2. The number of benzene rings is 4. The number of halogens is 2. The molecule has 0 atom stereocenters. The second-order valence-electron chi connectivity index (χ2n) is 10.7. The van der Waals surface area contributed by atoms with E-state index in [0.29, 0.717) is 34.1 Å². The molecule has 0 aliphatic carbocycles. The predicted octanol–water partition coefficient (Wildman–Crippen LogP) is 7.41. The normalized spacial score (nSPS) is 15.6. The van der Waals surface area contributed by atoms with Crippen molar-refractivity contribution in [2.24, 2.45) is 0 Å². The largest absolute Gasteiger partial charge is 0.454 e. The highest BCUT2D eigenvalue weighted by molar-refractivity contribution is 6.35. The predicted molar refractivity (Wildman–Crippen MR) is 166 cm³/mol. The monoisotopic (exact) mass is 613 g/mol. The zero-order valence-electron chi connectivity index (χ0n) is 23.3. The van der Waals surface area contributed by atoms with Crippen LogP contribution in [0.15, 0.2) is 84.9 Å². The van der Waals surface area contributed by atoms with E-state index in [1.165, 1.54) is 0 Å². The van der Waals surface area contributed by atoms with Gasteiger partial charge in [-0.25, -0.2) is 0 Å². The molecule has 0 unspecified atom stereocenters. The molecular formula is C34H29Cl2N3O4. The van der Waals surface area contributed by atoms with E-state index >= 15 is 0 Å². The van der Waals surface area contributed by atoms with E-state index in [-0.39, 0.29) is 19.3 Å². The summed E-state index contributed by atoms with van der Waals surface area (Å²) >= 11 is 12.2. The van der Waals surface area contributed by atoms with Crippen LogP contribution >= 0.6 is 23.2 Å². The number of fused-ring (bicyclic) bond motifs is 1. The van der Waals surface area contributed by atoms with E-state index < -0.39 is 5.60 Å². The van der Waals surface area contributed by atoms with Crippen molar-refractivity contribution >= 4 is 34.8 Å². The van der Waals surface area contributed by atoms with Gasteiger partial charge in [0, 0.05) is 40.9 Å². The molecule has 43 heavy (non-hydrogen) atoms. The minimum absolute atomic E-state index is 0.131. The van der Waals surface area contributed by atoms with Gasteiger partial charge in [0.05, 0.1) is 17.2 Å². The van der Waals surface area contributed by atoms with Gasteiger partial charge in [-0.1, -0.05) is 71.7 Å². The second-order valence-corrected chi connectivity index (χ2v) is 11.6. The van der Waals surface area contributed by atoms with Gasteiger partial charge in [-0.3, -0.25) is 9.69 Å². The molecule has 4 aromatic rings. The summed E-state index contributed by atoms with van der Waals surface area (Å²) in [6.07, 6.45) is 1.39. The molecule has 6 rings (SSSR count). The summed E-state index contributed by atoms with van der Waals surface area (Å²) in [5, 5.41) is 13.0. The fourth-order valence-electron chi connectivity index (χ4n) is 5.71. The van der Waals surface area contributed by atoms with Crippen molar-refractivity contribution in [2.75, 3.05) is 31.8 Å². The Kier molecular flexibility index (Phi) is 8.55. The first-order valence-corrected chi connectivity index (χ1v) is 14.8. The number of hydrogen-bond acceptors (Lipinski definition) is 6. The number of carbonyl (C=O) groups excluding carboxylic acids is 1. The Morgan fingerprint density at radius 1 is 0.930 bits per heavy atom. The molecule has 218 valence electrons. The Morgan fingerprint density at radius 2 is 1.67 bits per heavy atom. The topological polar surface area (TPSA) is 83.8 Å². The van der Waals surface area contributed by atoms with Crippen molar-refractivity contribution in [2.45, 2.75) is 25.0 Å². The lowest BCUT2D eigenvalue weighted by Gasteiger charge is -2.42. The van der Waals surface area contributed by atoms with Crippen molar-refractivity contribution in [3.05, 3.63) is 112 Å². The van der Waals surface area contributed by atoms with Gasteiger partial charge in [0.1, 0.15) is 6.61 Å². The van der Waals surface area contributed by atoms with E-state index in [9.17, 15) is 10.1 Å². The first-order valence-electron chi connectivity index (χ1n) is 14.0. The minimum Gasteiger partial charge on any atom is -0.454 e. The third-order valence-electron chi connectivity index (χ3n) is 7.90. The molecule has 1 fully saturated rings. The standard InChI is InChI=1S/C34H29Cl2N3O4/c35-28-16-29(36)18-30(17-28)38-32(40)21-43-34(27-9-7-24(8-10-27)25-4-1-3-23(15-25)19-37)11-13-39(14-12-34)20-26-5-2-6-31-33(26)42-22-41-31/h1-10,15-18H,11-14,20-22H2,(H,38,40). The maximum atomic E-state index is 13.0. The zero-order valence-corrected chi connectivity index (χ0v) is 24.8. The highest BCUT2D eigenvalue weighted by Crippen LogP contribution is 2.40. The van der Waals surface area contributed by atoms with Crippen LogP contribution in [0.2, 0.25) is 10.0 Å². The SMILES string of the molecule is N#Cc1cccc(-c2ccc(C3(OCC(=O)Nc4cc(Cl)cc(Cl)c4)CCN(Cc4cccc5c4OCO5)CC3)cc2)c1. The van der Waals surface area contributed by atoms with Crippen molar-refractivity contribution in [1.82, 2.24) is 4.90 Å². The molecule has 0 spiro atoms. The summed E-state index contributed by atoms with van der Waals surface area (Å²) in [7, 11) is 0. The van der Waals surface area contributed by atoms with Gasteiger partial charge in [0.15, 0.2) is 11.5 Å². The van der Waals surface area contributed by atoms with Crippen molar-refractivity contribution in [1.29, 1.82) is 5.26 Å². The highest BCUT2D eigenvalue weighted by atomic mass is 35.5. The summed E-state index contributed by atoms with van der Waals surface area (Å²) < 4.78 is 17.8. The van der Waals surface area contributed by atoms with Gasteiger partial charge in [-0.2, -0.15) is 5.26 Å². The molecule has 2 aliphatic rings. The lowest BCUT2D eigenvalue weighted by molar-refractivity contribution is -0.135. The lowest BCUT2D eigenvalue weighted by Crippen LogP contribution is -2.45. The maximum Gasteiger partial charge on any atom is 0.250 e. The number of ether oxygens (including phenoxy) is 3. The van der Waals surface area contributed by atoms with Crippen molar-refractivity contribution in [3.8, 4) is 28.7 Å². The van der Waals surface area contributed by atoms with Crippen molar-refractivity contribution in [3.63, 3.8) is 0 Å². The first kappa shape index (κ1) is 29.0. The van der Waals surface area contributed by atoms with Gasteiger partial charge in [0.25, 0.3) is 0 Å². The zero-order chi connectivity index (χ0) is 29.8. The number of likely N-dealkylation sites (tertiary alicyclic amines) is 1. The molecule has 1 saturated heterocycles. The summed E-state index contributed by atoms with van der Waals surface area (Å²) in [5.74, 6) is 1.30. The molecule has 0 aromatic heterocycles. The smallest absolute Gasteiger partial charge is 0.250 e. The number of amides is 1. The molecule has 2 aliphatic heterocycles. The lowest BCUT2D eigenvalue weighted by atomic mass is 9.83. The fourth-order valence-corrected chi connectivity index (χ4v) is 6.23. The molecule has 1 amide bonds. The Balaban J connectivity index is 1.20. The Hall–Kier alpha value is -4.06. The fraction of sp³-hybridized carbons (Fsp3) is 0.235. The third kappa shape index (κ3) is 6.64.